The van der Waals surface area contributed by atoms with E-state index < -0.39 is 25.0 Å². The summed E-state index contributed by atoms with van der Waals surface area (Å²) in [5, 5.41) is 11.0. The van der Waals surface area contributed by atoms with Gasteiger partial charge in [0.1, 0.15) is 6.10 Å². The van der Waals surface area contributed by atoms with E-state index in [1.54, 1.807) is 24.3 Å². The summed E-state index contributed by atoms with van der Waals surface area (Å²) < 4.78 is 34.1. The number of benzene rings is 1. The van der Waals surface area contributed by atoms with Gasteiger partial charge in [-0.15, -0.1) is 0 Å². The Morgan fingerprint density at radius 1 is 1.37 bits per heavy atom. The number of methoxy groups -OCH3 is 1. The van der Waals surface area contributed by atoms with Crippen LogP contribution in [0.1, 0.15) is 0 Å². The summed E-state index contributed by atoms with van der Waals surface area (Å²) in [4.78, 5) is 11.3. The van der Waals surface area contributed by atoms with Gasteiger partial charge in [0.15, 0.2) is 18.1 Å². The maximum atomic E-state index is 12.0. The SMILES string of the molecule is COc1ccccc1OCC(=O)NCC(O)C(F)F. The molecule has 7 heteroatoms. The van der Waals surface area contributed by atoms with Crippen LogP contribution in [0, 0.1) is 0 Å². The largest absolute Gasteiger partial charge is 0.493 e. The van der Waals surface area contributed by atoms with E-state index in [1.165, 1.54) is 7.11 Å². The lowest BCUT2D eigenvalue weighted by Crippen LogP contribution is -2.38. The van der Waals surface area contributed by atoms with E-state index in [-0.39, 0.29) is 6.61 Å². The molecule has 0 fully saturated rings. The Bertz CT molecular complexity index is 414. The number of alkyl halides is 2. The molecule has 1 aromatic rings. The number of hydrogen-bond acceptors (Lipinski definition) is 4. The summed E-state index contributed by atoms with van der Waals surface area (Å²) in [5.41, 5.74) is 0. The summed E-state index contributed by atoms with van der Waals surface area (Å²) in [6.07, 6.45) is -4.77. The first kappa shape index (κ1) is 15.2. The van der Waals surface area contributed by atoms with Gasteiger partial charge in [-0.3, -0.25) is 4.79 Å². The highest BCUT2D eigenvalue weighted by atomic mass is 19.3. The summed E-state index contributed by atoms with van der Waals surface area (Å²) in [7, 11) is 1.46. The van der Waals surface area contributed by atoms with Crippen molar-refractivity contribution in [2.24, 2.45) is 0 Å². The van der Waals surface area contributed by atoms with E-state index in [1.807, 2.05) is 0 Å². The minimum atomic E-state index is -2.89. The van der Waals surface area contributed by atoms with Crippen molar-refractivity contribution in [1.29, 1.82) is 0 Å². The molecule has 0 radical (unpaired) electrons. The minimum Gasteiger partial charge on any atom is -0.493 e. The number of rotatable bonds is 7. The lowest BCUT2D eigenvalue weighted by atomic mass is 10.3. The van der Waals surface area contributed by atoms with Crippen LogP contribution in [0.3, 0.4) is 0 Å². The number of aliphatic hydroxyl groups excluding tert-OH is 1. The average Bonchev–Trinajstić information content (AvgIpc) is 2.42. The van der Waals surface area contributed by atoms with Gasteiger partial charge in [0.2, 0.25) is 0 Å². The van der Waals surface area contributed by atoms with Crippen LogP contribution >= 0.6 is 0 Å². The van der Waals surface area contributed by atoms with Crippen LogP contribution in [0.2, 0.25) is 0 Å². The number of carbonyl (C=O) groups excluding carboxylic acids is 1. The number of nitrogens with one attached hydrogen (secondary N) is 1. The van der Waals surface area contributed by atoms with Gasteiger partial charge in [0, 0.05) is 6.54 Å². The van der Waals surface area contributed by atoms with Crippen molar-refractivity contribution in [3.05, 3.63) is 24.3 Å². The molecule has 0 aliphatic carbocycles. The van der Waals surface area contributed by atoms with Crippen molar-refractivity contribution in [3.8, 4) is 11.5 Å². The standard InChI is InChI=1S/C12H15F2NO4/c1-18-9-4-2-3-5-10(9)19-7-11(17)15-6-8(16)12(13)14/h2-5,8,12,16H,6-7H2,1H3,(H,15,17). The lowest BCUT2D eigenvalue weighted by molar-refractivity contribution is -0.124. The van der Waals surface area contributed by atoms with Gasteiger partial charge in [-0.1, -0.05) is 12.1 Å². The summed E-state index contributed by atoms with van der Waals surface area (Å²) in [6.45, 7) is -0.873. The van der Waals surface area contributed by atoms with Crippen LogP contribution in [-0.4, -0.2) is 43.8 Å². The lowest BCUT2D eigenvalue weighted by Gasteiger charge is -2.12. The van der Waals surface area contributed by atoms with Crippen LogP contribution in [0.25, 0.3) is 0 Å². The Morgan fingerprint density at radius 2 is 2.00 bits per heavy atom. The first-order valence-corrected chi connectivity index (χ1v) is 5.53. The Hall–Kier alpha value is -1.89. The van der Waals surface area contributed by atoms with Crippen molar-refractivity contribution in [1.82, 2.24) is 5.32 Å². The smallest absolute Gasteiger partial charge is 0.265 e. The van der Waals surface area contributed by atoms with E-state index in [9.17, 15) is 13.6 Å². The summed E-state index contributed by atoms with van der Waals surface area (Å²) in [6, 6.07) is 6.72. The van der Waals surface area contributed by atoms with Crippen LogP contribution in [0.4, 0.5) is 8.78 Å². The predicted octanol–water partition coefficient (Wildman–Crippen LogP) is 0.816. The van der Waals surface area contributed by atoms with E-state index in [2.05, 4.69) is 5.32 Å². The molecule has 0 bridgehead atoms. The van der Waals surface area contributed by atoms with Crippen molar-refractivity contribution in [3.63, 3.8) is 0 Å². The monoisotopic (exact) mass is 275 g/mol. The molecule has 19 heavy (non-hydrogen) atoms. The molecule has 0 saturated heterocycles. The fourth-order valence-corrected chi connectivity index (χ4v) is 1.24. The molecule has 5 nitrogen and oxygen atoms in total. The van der Waals surface area contributed by atoms with Gasteiger partial charge in [0.25, 0.3) is 12.3 Å². The van der Waals surface area contributed by atoms with Gasteiger partial charge in [-0.25, -0.2) is 8.78 Å². The van der Waals surface area contributed by atoms with Gasteiger partial charge in [-0.2, -0.15) is 0 Å². The molecule has 0 spiro atoms. The second-order valence-electron chi connectivity index (χ2n) is 3.65. The number of para-hydroxylation sites is 2. The average molecular weight is 275 g/mol. The van der Waals surface area contributed by atoms with Crippen molar-refractivity contribution < 1.29 is 28.2 Å². The maximum Gasteiger partial charge on any atom is 0.265 e. The Morgan fingerprint density at radius 3 is 2.58 bits per heavy atom. The van der Waals surface area contributed by atoms with E-state index in [0.717, 1.165) is 0 Å². The number of carbonyl (C=O) groups is 1. The van der Waals surface area contributed by atoms with Gasteiger partial charge in [-0.05, 0) is 12.1 Å². The van der Waals surface area contributed by atoms with Crippen molar-refractivity contribution in [2.45, 2.75) is 12.5 Å². The molecule has 1 rings (SSSR count). The van der Waals surface area contributed by atoms with Crippen LogP contribution in [-0.2, 0) is 4.79 Å². The molecule has 0 aliphatic heterocycles. The predicted molar refractivity (Wildman–Crippen MR) is 63.5 cm³/mol. The third kappa shape index (κ3) is 5.09. The van der Waals surface area contributed by atoms with E-state index in [4.69, 9.17) is 14.6 Å². The van der Waals surface area contributed by atoms with E-state index in [0.29, 0.717) is 11.5 Å². The Kier molecular flexibility index (Phi) is 6.01. The fourth-order valence-electron chi connectivity index (χ4n) is 1.24. The van der Waals surface area contributed by atoms with Gasteiger partial charge >= 0.3 is 0 Å². The molecule has 0 aliphatic rings. The first-order valence-electron chi connectivity index (χ1n) is 5.53. The van der Waals surface area contributed by atoms with Gasteiger partial charge in [0.05, 0.1) is 7.11 Å². The molecular weight excluding hydrogens is 260 g/mol. The zero-order valence-electron chi connectivity index (χ0n) is 10.3. The highest BCUT2D eigenvalue weighted by molar-refractivity contribution is 5.77. The molecule has 0 heterocycles. The second kappa shape index (κ2) is 7.52. The number of aliphatic hydroxyl groups is 1. The fraction of sp³-hybridized carbons (Fsp3) is 0.417. The van der Waals surface area contributed by atoms with Crippen molar-refractivity contribution >= 4 is 5.91 Å². The van der Waals surface area contributed by atoms with Crippen LogP contribution < -0.4 is 14.8 Å². The Labute approximate surface area is 109 Å². The molecular formula is C12H15F2NO4. The number of amides is 1. The molecule has 0 aromatic heterocycles. The molecule has 0 saturated carbocycles. The molecule has 1 unspecified atom stereocenters. The van der Waals surface area contributed by atoms with Crippen molar-refractivity contribution in [2.75, 3.05) is 20.3 Å². The molecule has 2 N–H and O–H groups in total. The van der Waals surface area contributed by atoms with Crippen LogP contribution in [0.5, 0.6) is 11.5 Å². The quantitative estimate of drug-likeness (QED) is 0.773. The minimum absolute atomic E-state index is 0.351. The zero-order valence-corrected chi connectivity index (χ0v) is 10.3. The molecule has 106 valence electrons. The highest BCUT2D eigenvalue weighted by Crippen LogP contribution is 2.25. The highest BCUT2D eigenvalue weighted by Gasteiger charge is 2.17. The normalized spacial score (nSPS) is 12.1. The summed E-state index contributed by atoms with van der Waals surface area (Å²) >= 11 is 0. The topological polar surface area (TPSA) is 67.8 Å². The number of hydrogen-bond donors (Lipinski definition) is 2. The molecule has 1 amide bonds. The van der Waals surface area contributed by atoms with Crippen LogP contribution in [0.15, 0.2) is 24.3 Å². The molecule has 1 aromatic carbocycles. The zero-order chi connectivity index (χ0) is 14.3. The molecule has 1 atom stereocenters. The first-order chi connectivity index (χ1) is 9.04. The number of ether oxygens (including phenoxy) is 2. The maximum absolute atomic E-state index is 12.0. The second-order valence-corrected chi connectivity index (χ2v) is 3.65. The summed E-state index contributed by atoms with van der Waals surface area (Å²) in [5.74, 6) is 0.225. The Balaban J connectivity index is 2.38. The number of halogens is 2. The van der Waals surface area contributed by atoms with Gasteiger partial charge < -0.3 is 19.9 Å². The third-order valence-electron chi connectivity index (χ3n) is 2.23. The van der Waals surface area contributed by atoms with E-state index >= 15 is 0 Å². The third-order valence-corrected chi connectivity index (χ3v) is 2.23.